The summed E-state index contributed by atoms with van der Waals surface area (Å²) < 4.78 is 11.4. The lowest BCUT2D eigenvalue weighted by atomic mass is 9.97. The van der Waals surface area contributed by atoms with Crippen molar-refractivity contribution in [3.63, 3.8) is 0 Å². The molecule has 1 N–H and O–H groups in total. The Morgan fingerprint density at radius 2 is 2.00 bits per heavy atom. The van der Waals surface area contributed by atoms with E-state index in [1.165, 1.54) is 0 Å². The zero-order valence-electron chi connectivity index (χ0n) is 17.3. The topological polar surface area (TPSA) is 84.2 Å². The van der Waals surface area contributed by atoms with Crippen molar-refractivity contribution in [2.24, 2.45) is 5.92 Å². The number of nitrogens with zero attached hydrogens (tertiary/aromatic N) is 2. The summed E-state index contributed by atoms with van der Waals surface area (Å²) in [5.41, 5.74) is 3.01. The normalized spacial score (nSPS) is 15.5. The number of hydrogen-bond acceptors (Lipinski definition) is 5. The number of nitrogens with one attached hydrogen (secondary N) is 1. The minimum Gasteiger partial charge on any atom is -0.461 e. The fourth-order valence-electron chi connectivity index (χ4n) is 3.43. The summed E-state index contributed by atoms with van der Waals surface area (Å²) >= 11 is 0. The van der Waals surface area contributed by atoms with Gasteiger partial charge in [-0.2, -0.15) is 5.26 Å². The molecule has 0 aliphatic heterocycles. The number of pyridine rings is 1. The number of amides is 1. The molecule has 0 bridgehead atoms. The largest absolute Gasteiger partial charge is 0.461 e. The van der Waals surface area contributed by atoms with Gasteiger partial charge in [0.1, 0.15) is 17.3 Å². The van der Waals surface area contributed by atoms with E-state index in [4.69, 9.17) is 9.47 Å². The number of ether oxygens (including phenoxy) is 2. The van der Waals surface area contributed by atoms with Crippen LogP contribution in [0, 0.1) is 24.2 Å². The van der Waals surface area contributed by atoms with Gasteiger partial charge in [0.15, 0.2) is 0 Å². The van der Waals surface area contributed by atoms with Crippen LogP contribution in [0.25, 0.3) is 10.9 Å². The van der Waals surface area contributed by atoms with E-state index >= 15 is 0 Å². The maximum Gasteiger partial charge on any atom is 0.416 e. The Morgan fingerprint density at radius 1 is 1.19 bits per heavy atom. The van der Waals surface area contributed by atoms with Gasteiger partial charge in [0.05, 0.1) is 17.1 Å². The Kier molecular flexibility index (Phi) is 5.67. The maximum absolute atomic E-state index is 12.2. The van der Waals surface area contributed by atoms with E-state index in [1.807, 2.05) is 44.2 Å². The quantitative estimate of drug-likeness (QED) is 0.622. The molecule has 0 saturated heterocycles. The van der Waals surface area contributed by atoms with E-state index in [-0.39, 0.29) is 5.92 Å². The van der Waals surface area contributed by atoms with Gasteiger partial charge in [-0.15, -0.1) is 0 Å². The summed E-state index contributed by atoms with van der Waals surface area (Å²) in [6, 6.07) is 16.6. The van der Waals surface area contributed by atoms with E-state index in [0.717, 1.165) is 27.9 Å². The predicted octanol–water partition coefficient (Wildman–Crippen LogP) is 5.39. The monoisotopic (exact) mass is 411 g/mol. The molecule has 2 aromatic carbocycles. The van der Waals surface area contributed by atoms with Gasteiger partial charge in [0.25, 0.3) is 0 Å². The summed E-state index contributed by atoms with van der Waals surface area (Å²) in [5.74, 6) is 1.93. The number of fused-ring (bicyclic) bond motifs is 1. The standard InChI is InChI=1S/C25H21N3O3/c1-16-13-23-21(14-18(16)15-26)24(10-11-27-23)30-20-8-9-22(17(2)12-20)28-25(29)31-19-6-4-3-5-7-19/h3-11,13-14,17H,12H2,1-2H3,(H,28,29). The van der Waals surface area contributed by atoms with Crippen LogP contribution in [0.3, 0.4) is 0 Å². The molecule has 1 aromatic heterocycles. The van der Waals surface area contributed by atoms with Crippen LogP contribution in [0.4, 0.5) is 4.79 Å². The fourth-order valence-corrected chi connectivity index (χ4v) is 3.43. The average Bonchev–Trinajstić information content (AvgIpc) is 2.76. The van der Waals surface area contributed by atoms with Gasteiger partial charge in [-0.3, -0.25) is 10.3 Å². The first-order chi connectivity index (χ1) is 15.0. The number of carbonyl (C=O) groups excluding carboxylic acids is 1. The van der Waals surface area contributed by atoms with Crippen molar-refractivity contribution in [3.05, 3.63) is 89.5 Å². The number of aryl methyl sites for hydroxylation is 1. The Labute approximate surface area is 180 Å². The lowest BCUT2D eigenvalue weighted by Gasteiger charge is -2.22. The highest BCUT2D eigenvalue weighted by Gasteiger charge is 2.20. The molecular formula is C25H21N3O3. The summed E-state index contributed by atoms with van der Waals surface area (Å²) in [6.07, 6.45) is 5.44. The molecule has 0 spiro atoms. The average molecular weight is 411 g/mol. The molecule has 3 aromatic rings. The highest BCUT2D eigenvalue weighted by molar-refractivity contribution is 5.87. The number of benzene rings is 2. The summed E-state index contributed by atoms with van der Waals surface area (Å²) in [4.78, 5) is 16.6. The van der Waals surface area contributed by atoms with E-state index in [0.29, 0.717) is 23.5 Å². The van der Waals surface area contributed by atoms with Gasteiger partial charge in [-0.25, -0.2) is 4.79 Å². The van der Waals surface area contributed by atoms with E-state index in [1.54, 1.807) is 36.5 Å². The minimum absolute atomic E-state index is 0.0355. The molecule has 1 aliphatic rings. The smallest absolute Gasteiger partial charge is 0.416 e. The molecule has 0 saturated carbocycles. The fraction of sp³-hybridized carbons (Fsp3) is 0.160. The first kappa shape index (κ1) is 20.2. The first-order valence-corrected chi connectivity index (χ1v) is 9.95. The van der Waals surface area contributed by atoms with Crippen LogP contribution in [0.2, 0.25) is 0 Å². The molecule has 1 amide bonds. The summed E-state index contributed by atoms with van der Waals surface area (Å²) in [6.45, 7) is 3.90. The molecule has 1 aliphatic carbocycles. The molecule has 1 heterocycles. The van der Waals surface area contributed by atoms with Gasteiger partial charge >= 0.3 is 6.09 Å². The number of rotatable bonds is 4. The van der Waals surface area contributed by atoms with E-state index < -0.39 is 6.09 Å². The lowest BCUT2D eigenvalue weighted by molar-refractivity contribution is 0.202. The lowest BCUT2D eigenvalue weighted by Crippen LogP contribution is -2.30. The van der Waals surface area contributed by atoms with Gasteiger partial charge in [0, 0.05) is 29.6 Å². The molecule has 0 radical (unpaired) electrons. The third kappa shape index (κ3) is 4.57. The third-order valence-electron chi connectivity index (χ3n) is 5.10. The zero-order valence-corrected chi connectivity index (χ0v) is 17.3. The van der Waals surface area contributed by atoms with Crippen molar-refractivity contribution in [1.82, 2.24) is 10.3 Å². The van der Waals surface area contributed by atoms with Crippen molar-refractivity contribution in [1.29, 1.82) is 5.26 Å². The summed E-state index contributed by atoms with van der Waals surface area (Å²) in [7, 11) is 0. The van der Waals surface area contributed by atoms with Crippen molar-refractivity contribution in [2.75, 3.05) is 0 Å². The molecule has 0 fully saturated rings. The van der Waals surface area contributed by atoms with Gasteiger partial charge in [-0.1, -0.05) is 25.1 Å². The maximum atomic E-state index is 12.2. The van der Waals surface area contributed by atoms with Gasteiger partial charge in [0.2, 0.25) is 0 Å². The Morgan fingerprint density at radius 3 is 2.74 bits per heavy atom. The molecule has 6 heteroatoms. The van der Waals surface area contributed by atoms with E-state index in [2.05, 4.69) is 16.4 Å². The SMILES string of the molecule is Cc1cc2nccc(OC3=CC=C(NC(=O)Oc4ccccc4)C(C)C3)c2cc1C#N. The second-order valence-corrected chi connectivity index (χ2v) is 7.39. The number of aromatic nitrogens is 1. The minimum atomic E-state index is -0.526. The van der Waals surface area contributed by atoms with Crippen molar-refractivity contribution >= 4 is 17.0 Å². The van der Waals surface area contributed by atoms with Crippen LogP contribution in [0.5, 0.6) is 11.5 Å². The molecule has 1 unspecified atom stereocenters. The zero-order chi connectivity index (χ0) is 21.8. The van der Waals surface area contributed by atoms with Crippen LogP contribution < -0.4 is 14.8 Å². The first-order valence-electron chi connectivity index (χ1n) is 9.95. The molecule has 1 atom stereocenters. The second kappa shape index (κ2) is 8.72. The summed E-state index contributed by atoms with van der Waals surface area (Å²) in [5, 5.41) is 12.9. The Balaban J connectivity index is 1.51. The number of para-hydroxylation sites is 1. The number of hydrogen-bond donors (Lipinski definition) is 1. The number of carbonyl (C=O) groups is 1. The third-order valence-corrected chi connectivity index (χ3v) is 5.10. The van der Waals surface area contributed by atoms with Gasteiger partial charge < -0.3 is 9.47 Å². The predicted molar refractivity (Wildman–Crippen MR) is 117 cm³/mol. The molecule has 31 heavy (non-hydrogen) atoms. The van der Waals surface area contributed by atoms with Gasteiger partial charge in [-0.05, 0) is 55.0 Å². The van der Waals surface area contributed by atoms with Crippen LogP contribution >= 0.6 is 0 Å². The van der Waals surface area contributed by atoms with Crippen molar-refractivity contribution in [3.8, 4) is 17.6 Å². The molecular weight excluding hydrogens is 390 g/mol. The molecule has 154 valence electrons. The molecule has 6 nitrogen and oxygen atoms in total. The van der Waals surface area contributed by atoms with Crippen LogP contribution in [-0.2, 0) is 0 Å². The Hall–Kier alpha value is -4.11. The van der Waals surface area contributed by atoms with Crippen molar-refractivity contribution in [2.45, 2.75) is 20.3 Å². The number of allylic oxidation sites excluding steroid dienone is 4. The Bertz CT molecular complexity index is 1240. The van der Waals surface area contributed by atoms with Crippen LogP contribution in [-0.4, -0.2) is 11.1 Å². The van der Waals surface area contributed by atoms with Crippen molar-refractivity contribution < 1.29 is 14.3 Å². The highest BCUT2D eigenvalue weighted by atomic mass is 16.6. The van der Waals surface area contributed by atoms with E-state index in [9.17, 15) is 10.1 Å². The molecule has 4 rings (SSSR count). The number of nitriles is 1. The van der Waals surface area contributed by atoms with Crippen LogP contribution in [0.1, 0.15) is 24.5 Å². The highest BCUT2D eigenvalue weighted by Crippen LogP contribution is 2.31. The second-order valence-electron chi connectivity index (χ2n) is 7.39. The van der Waals surface area contributed by atoms with Crippen LogP contribution in [0.15, 0.2) is 78.3 Å².